The number of ketones is 1. The number of carbonyl (C=O) groups is 1. The van der Waals surface area contributed by atoms with E-state index in [1.165, 1.54) is 18.2 Å². The van der Waals surface area contributed by atoms with Gasteiger partial charge in [0, 0.05) is 12.1 Å². The molecule has 0 fully saturated rings. The molecule has 2 aromatic rings. The molecule has 0 saturated heterocycles. The smallest absolute Gasteiger partial charge is 0.180 e. The second kappa shape index (κ2) is 7.43. The number of phenolic OH excluding ortho intramolecular Hbond substituents is 2. The number of carbonyl (C=O) groups excluding carboxylic acids is 1. The van der Waals surface area contributed by atoms with E-state index in [0.29, 0.717) is 18.5 Å². The molecule has 3 N–H and O–H groups in total. The molecule has 0 heterocycles. The average molecular weight is 297 g/mol. The normalized spacial score (nSPS) is 11.8. The van der Waals surface area contributed by atoms with Crippen LogP contribution in [0, 0.1) is 0 Å². The lowest BCUT2D eigenvalue weighted by molar-refractivity contribution is 0.0942. The van der Waals surface area contributed by atoms with Crippen LogP contribution in [-0.2, 0) is 6.54 Å². The maximum absolute atomic E-state index is 12.5. The molecule has 0 aliphatic rings. The number of benzene rings is 2. The third-order valence-corrected chi connectivity index (χ3v) is 3.37. The summed E-state index contributed by atoms with van der Waals surface area (Å²) in [7, 11) is 0. The van der Waals surface area contributed by atoms with Gasteiger partial charge in [-0.15, -0.1) is 6.58 Å². The van der Waals surface area contributed by atoms with E-state index >= 15 is 0 Å². The van der Waals surface area contributed by atoms with Gasteiger partial charge in [0.25, 0.3) is 0 Å². The SMILES string of the molecule is C=CCC(NCc1ccccc1)C(=O)c1ccc(O)c(O)c1. The quantitative estimate of drug-likeness (QED) is 0.417. The fraction of sp³-hybridized carbons (Fsp3) is 0.167. The van der Waals surface area contributed by atoms with Crippen LogP contribution in [0.1, 0.15) is 22.3 Å². The summed E-state index contributed by atoms with van der Waals surface area (Å²) in [6.45, 7) is 4.25. The largest absolute Gasteiger partial charge is 0.504 e. The molecule has 0 spiro atoms. The molecule has 0 aromatic heterocycles. The predicted molar refractivity (Wildman–Crippen MR) is 86.0 cm³/mol. The van der Waals surface area contributed by atoms with Crippen LogP contribution in [0.2, 0.25) is 0 Å². The summed E-state index contributed by atoms with van der Waals surface area (Å²) in [5, 5.41) is 22.1. The molecular weight excluding hydrogens is 278 g/mol. The van der Waals surface area contributed by atoms with Gasteiger partial charge in [-0.05, 0) is 30.2 Å². The summed E-state index contributed by atoms with van der Waals surface area (Å²) in [4.78, 5) is 12.5. The van der Waals surface area contributed by atoms with Gasteiger partial charge in [-0.3, -0.25) is 4.79 Å². The molecule has 22 heavy (non-hydrogen) atoms. The summed E-state index contributed by atoms with van der Waals surface area (Å²) in [5.74, 6) is -0.688. The first-order valence-electron chi connectivity index (χ1n) is 7.06. The molecule has 2 aromatic carbocycles. The first-order valence-corrected chi connectivity index (χ1v) is 7.06. The van der Waals surface area contributed by atoms with Gasteiger partial charge in [0.1, 0.15) is 0 Å². The second-order valence-corrected chi connectivity index (χ2v) is 5.01. The zero-order valence-corrected chi connectivity index (χ0v) is 12.2. The number of nitrogens with one attached hydrogen (secondary N) is 1. The van der Waals surface area contributed by atoms with Crippen molar-refractivity contribution in [1.29, 1.82) is 0 Å². The third-order valence-electron chi connectivity index (χ3n) is 3.37. The standard InChI is InChI=1S/C18H19NO3/c1-2-6-15(19-12-13-7-4-3-5-8-13)18(22)14-9-10-16(20)17(21)11-14/h2-5,7-11,15,19-21H,1,6,12H2. The summed E-state index contributed by atoms with van der Waals surface area (Å²) in [6, 6.07) is 13.4. The van der Waals surface area contributed by atoms with Crippen LogP contribution in [0.5, 0.6) is 11.5 Å². The minimum atomic E-state index is -0.429. The van der Waals surface area contributed by atoms with E-state index in [-0.39, 0.29) is 17.3 Å². The lowest BCUT2D eigenvalue weighted by atomic mass is 10.0. The van der Waals surface area contributed by atoms with Crippen molar-refractivity contribution in [2.45, 2.75) is 19.0 Å². The van der Waals surface area contributed by atoms with E-state index in [9.17, 15) is 15.0 Å². The number of hydrogen-bond acceptors (Lipinski definition) is 4. The van der Waals surface area contributed by atoms with Crippen molar-refractivity contribution < 1.29 is 15.0 Å². The summed E-state index contributed by atoms with van der Waals surface area (Å²) >= 11 is 0. The van der Waals surface area contributed by atoms with Gasteiger partial charge in [0.2, 0.25) is 0 Å². The van der Waals surface area contributed by atoms with Crippen molar-refractivity contribution in [2.24, 2.45) is 0 Å². The first-order chi connectivity index (χ1) is 10.6. The highest BCUT2D eigenvalue weighted by molar-refractivity contribution is 6.00. The number of rotatable bonds is 7. The van der Waals surface area contributed by atoms with Crippen molar-refractivity contribution >= 4 is 5.78 Å². The van der Waals surface area contributed by atoms with Gasteiger partial charge in [-0.2, -0.15) is 0 Å². The minimum absolute atomic E-state index is 0.147. The van der Waals surface area contributed by atoms with Crippen molar-refractivity contribution in [3.63, 3.8) is 0 Å². The Balaban J connectivity index is 2.10. The Kier molecular flexibility index (Phi) is 5.33. The molecule has 4 nitrogen and oxygen atoms in total. The zero-order chi connectivity index (χ0) is 15.9. The Hall–Kier alpha value is -2.59. The van der Waals surface area contributed by atoms with Crippen LogP contribution in [0.4, 0.5) is 0 Å². The van der Waals surface area contributed by atoms with Crippen molar-refractivity contribution in [3.8, 4) is 11.5 Å². The summed E-state index contributed by atoms with van der Waals surface area (Å²) in [6.07, 6.45) is 2.16. The predicted octanol–water partition coefficient (Wildman–Crippen LogP) is 3.02. The van der Waals surface area contributed by atoms with Gasteiger partial charge in [0.05, 0.1) is 6.04 Å². The molecule has 0 bridgehead atoms. The fourth-order valence-electron chi connectivity index (χ4n) is 2.16. The summed E-state index contributed by atoms with van der Waals surface area (Å²) in [5.41, 5.74) is 1.43. The Morgan fingerprint density at radius 2 is 1.86 bits per heavy atom. The van der Waals surface area contributed by atoms with E-state index in [1.54, 1.807) is 6.08 Å². The third kappa shape index (κ3) is 3.96. The lowest BCUT2D eigenvalue weighted by Crippen LogP contribution is -2.36. The molecule has 1 unspecified atom stereocenters. The highest BCUT2D eigenvalue weighted by Gasteiger charge is 2.19. The molecule has 1 atom stereocenters. The lowest BCUT2D eigenvalue weighted by Gasteiger charge is -2.16. The average Bonchev–Trinajstić information content (AvgIpc) is 2.54. The van der Waals surface area contributed by atoms with Gasteiger partial charge in [-0.25, -0.2) is 0 Å². The van der Waals surface area contributed by atoms with Gasteiger partial charge in [-0.1, -0.05) is 36.4 Å². The Labute approximate surface area is 129 Å². The van der Waals surface area contributed by atoms with Gasteiger partial charge < -0.3 is 15.5 Å². The topological polar surface area (TPSA) is 69.6 Å². The number of hydrogen-bond donors (Lipinski definition) is 3. The number of Topliss-reactive ketones (excluding diaryl/α,β-unsaturated/α-hetero) is 1. The maximum Gasteiger partial charge on any atom is 0.180 e. The molecule has 0 aliphatic heterocycles. The number of aromatic hydroxyl groups is 2. The minimum Gasteiger partial charge on any atom is -0.504 e. The molecule has 4 heteroatoms. The molecule has 114 valence electrons. The Morgan fingerprint density at radius 3 is 2.50 bits per heavy atom. The number of phenols is 2. The van der Waals surface area contributed by atoms with Crippen LogP contribution in [0.25, 0.3) is 0 Å². The van der Waals surface area contributed by atoms with Crippen LogP contribution in [0.3, 0.4) is 0 Å². The van der Waals surface area contributed by atoms with Crippen LogP contribution in [0.15, 0.2) is 61.2 Å². The van der Waals surface area contributed by atoms with E-state index in [4.69, 9.17) is 0 Å². The Morgan fingerprint density at radius 1 is 1.14 bits per heavy atom. The van der Waals surface area contributed by atoms with Gasteiger partial charge >= 0.3 is 0 Å². The molecule has 0 saturated carbocycles. The highest BCUT2D eigenvalue weighted by Crippen LogP contribution is 2.25. The molecule has 2 rings (SSSR count). The first kappa shape index (κ1) is 15.8. The molecular formula is C18H19NO3. The summed E-state index contributed by atoms with van der Waals surface area (Å²) < 4.78 is 0. The Bertz CT molecular complexity index is 653. The second-order valence-electron chi connectivity index (χ2n) is 5.01. The zero-order valence-electron chi connectivity index (χ0n) is 12.2. The monoisotopic (exact) mass is 297 g/mol. The fourth-order valence-corrected chi connectivity index (χ4v) is 2.16. The van der Waals surface area contributed by atoms with E-state index < -0.39 is 6.04 Å². The molecule has 0 amide bonds. The maximum atomic E-state index is 12.5. The van der Waals surface area contributed by atoms with E-state index in [0.717, 1.165) is 5.56 Å². The van der Waals surface area contributed by atoms with Crippen molar-refractivity contribution in [1.82, 2.24) is 5.32 Å². The van der Waals surface area contributed by atoms with Crippen LogP contribution >= 0.6 is 0 Å². The van der Waals surface area contributed by atoms with Crippen LogP contribution in [-0.4, -0.2) is 22.0 Å². The molecule has 0 radical (unpaired) electrons. The molecule has 0 aliphatic carbocycles. The van der Waals surface area contributed by atoms with Crippen molar-refractivity contribution in [2.75, 3.05) is 0 Å². The van der Waals surface area contributed by atoms with Crippen molar-refractivity contribution in [3.05, 3.63) is 72.3 Å². The van der Waals surface area contributed by atoms with E-state index in [1.807, 2.05) is 30.3 Å². The van der Waals surface area contributed by atoms with Gasteiger partial charge in [0.15, 0.2) is 17.3 Å². The van der Waals surface area contributed by atoms with E-state index in [2.05, 4.69) is 11.9 Å². The van der Waals surface area contributed by atoms with Crippen LogP contribution < -0.4 is 5.32 Å². The highest BCUT2D eigenvalue weighted by atomic mass is 16.3.